The van der Waals surface area contributed by atoms with Crippen LogP contribution in [0.5, 0.6) is 0 Å². The molecule has 1 aliphatic rings. The quantitative estimate of drug-likeness (QED) is 0.418. The summed E-state index contributed by atoms with van der Waals surface area (Å²) in [6.07, 6.45) is 1.12. The lowest BCUT2D eigenvalue weighted by Gasteiger charge is -2.48. The second kappa shape index (κ2) is 9.17. The van der Waals surface area contributed by atoms with E-state index in [0.29, 0.717) is 11.6 Å². The van der Waals surface area contributed by atoms with Gasteiger partial charge in [-0.2, -0.15) is 0 Å². The lowest BCUT2D eigenvalue weighted by Crippen LogP contribution is -2.55. The Morgan fingerprint density at radius 2 is 1.97 bits per heavy atom. The minimum Gasteiger partial charge on any atom is -0.381 e. The average molecular weight is 513 g/mol. The SMILES string of the molecule is CC1(C)CCN1Cc1cccc(Cl)c1CNc1cc(F)c(S(=O)(=O)Nc2cscn2)c(F)c1. The summed E-state index contributed by atoms with van der Waals surface area (Å²) in [5.74, 6) is -2.42. The first-order valence-electron chi connectivity index (χ1n) is 10.2. The van der Waals surface area contributed by atoms with Crippen molar-refractivity contribution in [3.63, 3.8) is 0 Å². The summed E-state index contributed by atoms with van der Waals surface area (Å²) in [5, 5.41) is 4.94. The van der Waals surface area contributed by atoms with Crippen LogP contribution in [0.2, 0.25) is 5.02 Å². The Morgan fingerprint density at radius 3 is 2.55 bits per heavy atom. The van der Waals surface area contributed by atoms with Gasteiger partial charge >= 0.3 is 0 Å². The highest BCUT2D eigenvalue weighted by molar-refractivity contribution is 7.92. The number of nitrogens with zero attached hydrogens (tertiary/aromatic N) is 2. The van der Waals surface area contributed by atoms with Crippen LogP contribution in [0.25, 0.3) is 0 Å². The molecule has 2 aromatic carbocycles. The van der Waals surface area contributed by atoms with E-state index in [1.807, 2.05) is 12.1 Å². The molecule has 4 rings (SSSR count). The van der Waals surface area contributed by atoms with E-state index in [2.05, 4.69) is 33.8 Å². The Morgan fingerprint density at radius 1 is 1.24 bits per heavy atom. The molecule has 33 heavy (non-hydrogen) atoms. The first kappa shape index (κ1) is 23.9. The number of hydrogen-bond acceptors (Lipinski definition) is 6. The first-order valence-corrected chi connectivity index (χ1v) is 13.0. The van der Waals surface area contributed by atoms with Crippen LogP contribution in [0.4, 0.5) is 20.3 Å². The monoisotopic (exact) mass is 512 g/mol. The van der Waals surface area contributed by atoms with E-state index in [1.165, 1.54) is 10.9 Å². The smallest absolute Gasteiger partial charge is 0.268 e. The van der Waals surface area contributed by atoms with Crippen molar-refractivity contribution in [1.82, 2.24) is 9.88 Å². The molecule has 1 aromatic heterocycles. The number of sulfonamides is 1. The van der Waals surface area contributed by atoms with Gasteiger partial charge in [-0.1, -0.05) is 23.7 Å². The third-order valence-electron chi connectivity index (χ3n) is 5.83. The molecule has 3 aromatic rings. The minimum atomic E-state index is -4.47. The van der Waals surface area contributed by atoms with E-state index in [0.717, 1.165) is 47.6 Å². The van der Waals surface area contributed by atoms with Gasteiger partial charge in [0.05, 0.1) is 5.51 Å². The summed E-state index contributed by atoms with van der Waals surface area (Å²) in [4.78, 5) is 5.07. The summed E-state index contributed by atoms with van der Waals surface area (Å²) in [5.41, 5.74) is 3.48. The van der Waals surface area contributed by atoms with Crippen molar-refractivity contribution in [2.24, 2.45) is 0 Å². The van der Waals surface area contributed by atoms with Gasteiger partial charge < -0.3 is 5.32 Å². The number of aromatic nitrogens is 1. The predicted octanol–water partition coefficient (Wildman–Crippen LogP) is 5.47. The second-order valence-electron chi connectivity index (χ2n) is 8.46. The zero-order valence-corrected chi connectivity index (χ0v) is 20.4. The number of hydrogen-bond donors (Lipinski definition) is 2. The third-order valence-corrected chi connectivity index (χ3v) is 8.18. The highest BCUT2D eigenvalue weighted by Gasteiger charge is 2.35. The lowest BCUT2D eigenvalue weighted by atomic mass is 9.88. The van der Waals surface area contributed by atoms with Gasteiger partial charge in [0.2, 0.25) is 0 Å². The average Bonchev–Trinajstić information content (AvgIpc) is 3.22. The maximum absolute atomic E-state index is 14.7. The van der Waals surface area contributed by atoms with Gasteiger partial charge in [0.1, 0.15) is 11.6 Å². The number of rotatable bonds is 8. The Labute approximate surface area is 200 Å². The van der Waals surface area contributed by atoms with Gasteiger partial charge in [0.15, 0.2) is 10.7 Å². The zero-order valence-electron chi connectivity index (χ0n) is 18.0. The van der Waals surface area contributed by atoms with E-state index in [-0.39, 0.29) is 23.6 Å². The Hall–Kier alpha value is -2.27. The molecule has 0 spiro atoms. The fourth-order valence-electron chi connectivity index (χ4n) is 3.73. The molecule has 0 radical (unpaired) electrons. The Balaban J connectivity index is 1.53. The molecule has 0 unspecified atom stereocenters. The van der Waals surface area contributed by atoms with Gasteiger partial charge in [-0.15, -0.1) is 11.3 Å². The number of halogens is 3. The molecular formula is C22H23ClF2N4O2S2. The van der Waals surface area contributed by atoms with E-state index in [1.54, 1.807) is 6.07 Å². The Kier molecular flexibility index (Phi) is 6.63. The summed E-state index contributed by atoms with van der Waals surface area (Å²) < 4.78 is 56.3. The molecular weight excluding hydrogens is 490 g/mol. The summed E-state index contributed by atoms with van der Waals surface area (Å²) in [7, 11) is -4.47. The highest BCUT2D eigenvalue weighted by Crippen LogP contribution is 2.33. The first-order chi connectivity index (χ1) is 15.6. The van der Waals surface area contributed by atoms with Crippen LogP contribution in [-0.4, -0.2) is 30.4 Å². The molecule has 176 valence electrons. The predicted molar refractivity (Wildman–Crippen MR) is 127 cm³/mol. The molecule has 0 bridgehead atoms. The fraction of sp³-hybridized carbons (Fsp3) is 0.318. The molecule has 0 saturated carbocycles. The van der Waals surface area contributed by atoms with Gasteiger partial charge in [-0.3, -0.25) is 9.62 Å². The molecule has 0 atom stereocenters. The topological polar surface area (TPSA) is 74.3 Å². The van der Waals surface area contributed by atoms with Crippen molar-refractivity contribution in [2.75, 3.05) is 16.6 Å². The third kappa shape index (κ3) is 5.13. The molecule has 0 amide bonds. The molecule has 1 saturated heterocycles. The highest BCUT2D eigenvalue weighted by atomic mass is 35.5. The van der Waals surface area contributed by atoms with Gasteiger partial charge in [-0.25, -0.2) is 22.2 Å². The van der Waals surface area contributed by atoms with Crippen LogP contribution >= 0.6 is 22.9 Å². The van der Waals surface area contributed by atoms with Crippen molar-refractivity contribution in [2.45, 2.75) is 43.8 Å². The molecule has 11 heteroatoms. The van der Waals surface area contributed by atoms with Crippen molar-refractivity contribution >= 4 is 44.5 Å². The molecule has 6 nitrogen and oxygen atoms in total. The molecule has 0 aliphatic carbocycles. The van der Waals surface area contributed by atoms with Crippen molar-refractivity contribution < 1.29 is 17.2 Å². The van der Waals surface area contributed by atoms with Gasteiger partial charge in [0.25, 0.3) is 10.0 Å². The van der Waals surface area contributed by atoms with E-state index < -0.39 is 26.6 Å². The second-order valence-corrected chi connectivity index (χ2v) is 11.2. The number of likely N-dealkylation sites (tertiary alicyclic amines) is 1. The van der Waals surface area contributed by atoms with Crippen LogP contribution in [0, 0.1) is 11.6 Å². The molecule has 1 aliphatic heterocycles. The maximum Gasteiger partial charge on any atom is 0.268 e. The number of nitrogens with one attached hydrogen (secondary N) is 2. The van der Waals surface area contributed by atoms with E-state index in [4.69, 9.17) is 11.6 Å². The van der Waals surface area contributed by atoms with Crippen LogP contribution in [0.15, 0.2) is 46.1 Å². The zero-order chi connectivity index (χ0) is 23.8. The van der Waals surface area contributed by atoms with Crippen LogP contribution in [0.3, 0.4) is 0 Å². The minimum absolute atomic E-state index is 0.00219. The van der Waals surface area contributed by atoms with Crippen molar-refractivity contribution in [3.8, 4) is 0 Å². The summed E-state index contributed by atoms with van der Waals surface area (Å²) >= 11 is 7.58. The normalized spacial score (nSPS) is 15.8. The van der Waals surface area contributed by atoms with E-state index >= 15 is 0 Å². The van der Waals surface area contributed by atoms with Crippen LogP contribution in [-0.2, 0) is 23.1 Å². The molecule has 1 fully saturated rings. The van der Waals surface area contributed by atoms with Crippen LogP contribution < -0.4 is 10.0 Å². The summed E-state index contributed by atoms with van der Waals surface area (Å²) in [6.45, 7) is 6.30. The van der Waals surface area contributed by atoms with Crippen molar-refractivity contribution in [3.05, 3.63) is 69.0 Å². The Bertz CT molecular complexity index is 1240. The van der Waals surface area contributed by atoms with Crippen molar-refractivity contribution in [1.29, 1.82) is 0 Å². The van der Waals surface area contributed by atoms with Crippen LogP contribution in [0.1, 0.15) is 31.4 Å². The number of anilines is 2. The number of thiazole rings is 1. The largest absolute Gasteiger partial charge is 0.381 e. The van der Waals surface area contributed by atoms with E-state index in [9.17, 15) is 17.2 Å². The summed E-state index contributed by atoms with van der Waals surface area (Å²) in [6, 6.07) is 7.53. The van der Waals surface area contributed by atoms with Gasteiger partial charge in [0, 0.05) is 41.3 Å². The number of benzene rings is 2. The fourth-order valence-corrected chi connectivity index (χ4v) is 5.67. The van der Waals surface area contributed by atoms with Gasteiger partial charge in [-0.05, 0) is 49.6 Å². The molecule has 2 N–H and O–H groups in total. The maximum atomic E-state index is 14.7. The lowest BCUT2D eigenvalue weighted by molar-refractivity contribution is 0.00775. The standard InChI is InChI=1S/C22H23ClF2N4O2S2/c1-22(2)6-7-29(22)11-14-4-3-5-17(23)16(14)10-26-15-8-18(24)21(19(25)9-15)33(30,31)28-20-12-32-13-27-20/h3-5,8-9,12-13,26,28H,6-7,10-11H2,1-2H3. The molecule has 2 heterocycles.